The number of aryl methyl sites for hydroxylation is 2. The monoisotopic (exact) mass is 247 g/mol. The van der Waals surface area contributed by atoms with Crippen LogP contribution in [-0.4, -0.2) is 0 Å². The van der Waals surface area contributed by atoms with E-state index in [-0.39, 0.29) is 5.69 Å². The van der Waals surface area contributed by atoms with Crippen LogP contribution in [0.25, 0.3) is 0 Å². The summed E-state index contributed by atoms with van der Waals surface area (Å²) in [5.74, 6) is -1.66. The molecule has 0 fully saturated rings. The number of hydrogen-bond donors (Lipinski definition) is 1. The van der Waals surface area contributed by atoms with Crippen molar-refractivity contribution in [1.29, 1.82) is 0 Å². The van der Waals surface area contributed by atoms with Gasteiger partial charge in [0.15, 0.2) is 11.6 Å². The molecule has 0 spiro atoms. The van der Waals surface area contributed by atoms with E-state index in [4.69, 9.17) is 0 Å². The Kier molecular flexibility index (Phi) is 3.60. The van der Waals surface area contributed by atoms with Crippen molar-refractivity contribution < 1.29 is 8.78 Å². The Balaban J connectivity index is 2.16. The number of halogens is 2. The molecule has 94 valence electrons. The van der Waals surface area contributed by atoms with Crippen LogP contribution < -0.4 is 5.32 Å². The smallest absolute Gasteiger partial charge is 0.181 e. The van der Waals surface area contributed by atoms with Crippen LogP contribution in [-0.2, 0) is 6.54 Å². The number of benzene rings is 2. The summed E-state index contributed by atoms with van der Waals surface area (Å²) in [6, 6.07) is 10.2. The summed E-state index contributed by atoms with van der Waals surface area (Å²) in [5, 5.41) is 2.92. The van der Waals surface area contributed by atoms with E-state index in [1.165, 1.54) is 12.1 Å². The molecular weight excluding hydrogens is 232 g/mol. The van der Waals surface area contributed by atoms with Crippen molar-refractivity contribution >= 4 is 5.69 Å². The van der Waals surface area contributed by atoms with Gasteiger partial charge in [-0.25, -0.2) is 8.78 Å². The van der Waals surface area contributed by atoms with Gasteiger partial charge in [-0.15, -0.1) is 0 Å². The maximum Gasteiger partial charge on any atom is 0.181 e. The van der Waals surface area contributed by atoms with E-state index in [1.54, 1.807) is 0 Å². The van der Waals surface area contributed by atoms with E-state index in [9.17, 15) is 8.78 Å². The molecular formula is C15H15F2N. The first-order valence-electron chi connectivity index (χ1n) is 5.82. The van der Waals surface area contributed by atoms with E-state index in [0.717, 1.165) is 22.8 Å². The average molecular weight is 247 g/mol. The highest BCUT2D eigenvalue weighted by molar-refractivity contribution is 5.46. The minimum Gasteiger partial charge on any atom is -0.379 e. The Labute approximate surface area is 105 Å². The zero-order chi connectivity index (χ0) is 13.1. The fraction of sp³-hybridized carbons (Fsp3) is 0.200. The first-order valence-corrected chi connectivity index (χ1v) is 5.82. The van der Waals surface area contributed by atoms with Gasteiger partial charge in [-0.1, -0.05) is 29.8 Å². The van der Waals surface area contributed by atoms with Gasteiger partial charge in [0.05, 0.1) is 5.69 Å². The molecule has 1 N–H and O–H groups in total. The van der Waals surface area contributed by atoms with Gasteiger partial charge in [-0.2, -0.15) is 0 Å². The quantitative estimate of drug-likeness (QED) is 0.857. The Morgan fingerprint density at radius 2 is 1.83 bits per heavy atom. The second-order valence-electron chi connectivity index (χ2n) is 4.38. The summed E-state index contributed by atoms with van der Waals surface area (Å²) in [7, 11) is 0. The maximum atomic E-state index is 13.4. The molecule has 2 rings (SSSR count). The minimum atomic E-state index is -0.832. The lowest BCUT2D eigenvalue weighted by Gasteiger charge is -2.11. The van der Waals surface area contributed by atoms with Crippen LogP contribution in [0.2, 0.25) is 0 Å². The van der Waals surface area contributed by atoms with Gasteiger partial charge in [-0.3, -0.25) is 0 Å². The molecule has 3 heteroatoms. The molecule has 1 nitrogen and oxygen atoms in total. The third kappa shape index (κ3) is 2.67. The van der Waals surface area contributed by atoms with Crippen molar-refractivity contribution in [3.63, 3.8) is 0 Å². The van der Waals surface area contributed by atoms with Crippen molar-refractivity contribution in [2.75, 3.05) is 5.32 Å². The molecule has 2 aromatic rings. The van der Waals surface area contributed by atoms with Crippen LogP contribution in [0.1, 0.15) is 16.7 Å². The lowest BCUT2D eigenvalue weighted by atomic mass is 10.1. The van der Waals surface area contributed by atoms with Crippen LogP contribution in [0.15, 0.2) is 36.4 Å². The zero-order valence-electron chi connectivity index (χ0n) is 10.4. The minimum absolute atomic E-state index is 0.191. The summed E-state index contributed by atoms with van der Waals surface area (Å²) < 4.78 is 26.5. The molecule has 0 atom stereocenters. The molecule has 0 heterocycles. The first-order chi connectivity index (χ1) is 8.58. The van der Waals surface area contributed by atoms with E-state index < -0.39 is 11.6 Å². The molecule has 0 aliphatic heterocycles. The predicted molar refractivity (Wildman–Crippen MR) is 69.6 cm³/mol. The van der Waals surface area contributed by atoms with Crippen LogP contribution >= 0.6 is 0 Å². The fourth-order valence-electron chi connectivity index (χ4n) is 1.82. The van der Waals surface area contributed by atoms with Crippen molar-refractivity contribution in [2.45, 2.75) is 20.4 Å². The van der Waals surface area contributed by atoms with Crippen molar-refractivity contribution in [3.05, 3.63) is 64.7 Å². The molecule has 0 saturated carbocycles. The Morgan fingerprint density at radius 1 is 1.06 bits per heavy atom. The molecule has 0 aromatic heterocycles. The number of hydrogen-bond acceptors (Lipinski definition) is 1. The third-order valence-corrected chi connectivity index (χ3v) is 2.93. The van der Waals surface area contributed by atoms with Gasteiger partial charge < -0.3 is 5.32 Å². The van der Waals surface area contributed by atoms with Crippen molar-refractivity contribution in [3.8, 4) is 0 Å². The van der Waals surface area contributed by atoms with Crippen molar-refractivity contribution in [2.24, 2.45) is 0 Å². The summed E-state index contributed by atoms with van der Waals surface area (Å²) in [4.78, 5) is 0. The highest BCUT2D eigenvalue weighted by Crippen LogP contribution is 2.18. The maximum absolute atomic E-state index is 13.4. The van der Waals surface area contributed by atoms with Gasteiger partial charge in [-0.05, 0) is 37.1 Å². The van der Waals surface area contributed by atoms with Gasteiger partial charge >= 0.3 is 0 Å². The molecule has 2 aromatic carbocycles. The highest BCUT2D eigenvalue weighted by atomic mass is 19.2. The number of nitrogens with one attached hydrogen (secondary N) is 1. The zero-order valence-corrected chi connectivity index (χ0v) is 10.4. The highest BCUT2D eigenvalue weighted by Gasteiger charge is 2.07. The topological polar surface area (TPSA) is 12.0 Å². The molecule has 18 heavy (non-hydrogen) atoms. The molecule has 0 unspecified atom stereocenters. The van der Waals surface area contributed by atoms with E-state index in [1.807, 2.05) is 32.0 Å². The summed E-state index contributed by atoms with van der Waals surface area (Å²) in [6.07, 6.45) is 0. The molecule has 0 aliphatic carbocycles. The van der Waals surface area contributed by atoms with Crippen LogP contribution in [0, 0.1) is 25.5 Å². The third-order valence-electron chi connectivity index (χ3n) is 2.93. The Morgan fingerprint density at radius 3 is 2.61 bits per heavy atom. The van der Waals surface area contributed by atoms with Gasteiger partial charge in [0.1, 0.15) is 0 Å². The SMILES string of the molecule is Cc1ccc(C)c(CNc2cccc(F)c2F)c1. The number of anilines is 1. The summed E-state index contributed by atoms with van der Waals surface area (Å²) in [6.45, 7) is 4.48. The first kappa shape index (κ1) is 12.6. The average Bonchev–Trinajstić information content (AvgIpc) is 2.35. The van der Waals surface area contributed by atoms with Gasteiger partial charge in [0, 0.05) is 6.54 Å². The van der Waals surface area contributed by atoms with E-state index in [2.05, 4.69) is 5.32 Å². The molecule has 0 aliphatic rings. The second-order valence-corrected chi connectivity index (χ2v) is 4.38. The molecule has 0 saturated heterocycles. The van der Waals surface area contributed by atoms with Gasteiger partial charge in [0.25, 0.3) is 0 Å². The predicted octanol–water partition coefficient (Wildman–Crippen LogP) is 4.19. The van der Waals surface area contributed by atoms with Crippen LogP contribution in [0.5, 0.6) is 0 Å². The lowest BCUT2D eigenvalue weighted by molar-refractivity contribution is 0.511. The van der Waals surface area contributed by atoms with Crippen LogP contribution in [0.4, 0.5) is 14.5 Å². The summed E-state index contributed by atoms with van der Waals surface area (Å²) >= 11 is 0. The largest absolute Gasteiger partial charge is 0.379 e. The second kappa shape index (κ2) is 5.17. The van der Waals surface area contributed by atoms with Crippen LogP contribution in [0.3, 0.4) is 0 Å². The standard InChI is InChI=1S/C15H15F2N/c1-10-6-7-11(2)12(8-10)9-18-14-5-3-4-13(16)15(14)17/h3-8,18H,9H2,1-2H3. The summed E-state index contributed by atoms with van der Waals surface area (Å²) in [5.41, 5.74) is 3.55. The number of rotatable bonds is 3. The normalized spacial score (nSPS) is 10.4. The van der Waals surface area contributed by atoms with Gasteiger partial charge in [0.2, 0.25) is 0 Å². The Hall–Kier alpha value is -1.90. The Bertz CT molecular complexity index is 562. The molecule has 0 radical (unpaired) electrons. The van der Waals surface area contributed by atoms with E-state index in [0.29, 0.717) is 6.54 Å². The van der Waals surface area contributed by atoms with E-state index >= 15 is 0 Å². The molecule has 0 amide bonds. The lowest BCUT2D eigenvalue weighted by Crippen LogP contribution is -2.04. The van der Waals surface area contributed by atoms with Crippen molar-refractivity contribution in [1.82, 2.24) is 0 Å². The molecule has 0 bridgehead atoms. The fourth-order valence-corrected chi connectivity index (χ4v) is 1.82.